The molecule has 5 rings (SSSR count). The van der Waals surface area contributed by atoms with Crippen molar-refractivity contribution >= 4 is 11.9 Å². The predicted octanol–water partition coefficient (Wildman–Crippen LogP) is 4.72. The highest BCUT2D eigenvalue weighted by atomic mass is 19.4. The van der Waals surface area contributed by atoms with Crippen molar-refractivity contribution in [1.29, 1.82) is 0 Å². The molecule has 12 heteroatoms. The smallest absolute Gasteiger partial charge is 0.403 e. The first-order chi connectivity index (χ1) is 18.4. The highest BCUT2D eigenvalue weighted by Crippen LogP contribution is 2.55. The Morgan fingerprint density at radius 1 is 1.21 bits per heavy atom. The number of anilines is 1. The van der Waals surface area contributed by atoms with E-state index in [1.807, 2.05) is 30.9 Å². The standard InChI is InChI=1S/C27H30F4N6O2/c1-16(21-11-22(20(28)12-34-21)39-27(29,30)31)37-15-26(5-6-26)23-18(14-35(3)4)9-17(10-19(23)24(37)38)13-36-8-7-33-25(36)32-2/h7-12,16H,5-6,13-15H2,1-4H3,(H,32,33)/t16-/m0/s1. The summed E-state index contributed by atoms with van der Waals surface area (Å²) < 4.78 is 58.3. The predicted molar refractivity (Wildman–Crippen MR) is 136 cm³/mol. The number of benzene rings is 1. The minimum absolute atomic E-state index is 0.116. The van der Waals surface area contributed by atoms with Crippen LogP contribution in [0.3, 0.4) is 0 Å². The van der Waals surface area contributed by atoms with Crippen LogP contribution in [0, 0.1) is 5.82 Å². The first-order valence-electron chi connectivity index (χ1n) is 12.6. The van der Waals surface area contributed by atoms with E-state index in [0.717, 1.165) is 35.6 Å². The summed E-state index contributed by atoms with van der Waals surface area (Å²) in [5, 5.41) is 3.05. The molecule has 1 aliphatic heterocycles. The molecule has 3 heterocycles. The summed E-state index contributed by atoms with van der Waals surface area (Å²) in [6.07, 6.45) is 0.978. The molecule has 1 aromatic carbocycles. The van der Waals surface area contributed by atoms with Crippen LogP contribution in [0.4, 0.5) is 23.5 Å². The number of nitrogens with one attached hydrogen (secondary N) is 1. The van der Waals surface area contributed by atoms with Crippen molar-refractivity contribution < 1.29 is 27.1 Å². The lowest BCUT2D eigenvalue weighted by molar-refractivity contribution is -0.275. The van der Waals surface area contributed by atoms with E-state index in [-0.39, 0.29) is 17.0 Å². The Labute approximate surface area is 223 Å². The number of hydrogen-bond acceptors (Lipinski definition) is 6. The molecule has 1 fully saturated rings. The van der Waals surface area contributed by atoms with Gasteiger partial charge in [-0.25, -0.2) is 9.37 Å². The van der Waals surface area contributed by atoms with Gasteiger partial charge in [0.05, 0.1) is 24.5 Å². The number of rotatable bonds is 8. The Balaban J connectivity index is 1.54. The van der Waals surface area contributed by atoms with Crippen LogP contribution in [-0.4, -0.2) is 64.3 Å². The summed E-state index contributed by atoms with van der Waals surface area (Å²) in [5.74, 6) is -1.74. The largest absolute Gasteiger partial charge is 0.573 e. The van der Waals surface area contributed by atoms with Crippen LogP contribution in [0.5, 0.6) is 5.75 Å². The average molecular weight is 547 g/mol. The van der Waals surface area contributed by atoms with Crippen LogP contribution in [0.2, 0.25) is 0 Å². The van der Waals surface area contributed by atoms with Crippen LogP contribution in [0.1, 0.15) is 58.5 Å². The zero-order valence-electron chi connectivity index (χ0n) is 22.1. The van der Waals surface area contributed by atoms with Crippen molar-refractivity contribution in [2.45, 2.75) is 50.7 Å². The van der Waals surface area contributed by atoms with Gasteiger partial charge in [0.2, 0.25) is 5.95 Å². The van der Waals surface area contributed by atoms with Gasteiger partial charge in [-0.3, -0.25) is 9.78 Å². The van der Waals surface area contributed by atoms with Crippen molar-refractivity contribution in [2.75, 3.05) is 33.0 Å². The molecule has 208 valence electrons. The molecule has 3 aromatic rings. The molecule has 0 saturated heterocycles. The second-order valence-electron chi connectivity index (χ2n) is 10.5. The second kappa shape index (κ2) is 9.82. The van der Waals surface area contributed by atoms with E-state index in [1.165, 1.54) is 0 Å². The number of amides is 1. The Bertz CT molecular complexity index is 1400. The van der Waals surface area contributed by atoms with Gasteiger partial charge in [0, 0.05) is 49.6 Å². The molecule has 1 atom stereocenters. The molecule has 2 aliphatic rings. The van der Waals surface area contributed by atoms with E-state index in [9.17, 15) is 22.4 Å². The zero-order valence-corrected chi connectivity index (χ0v) is 22.1. The van der Waals surface area contributed by atoms with Gasteiger partial charge in [-0.15, -0.1) is 13.2 Å². The molecule has 0 unspecified atom stereocenters. The fourth-order valence-corrected chi connectivity index (χ4v) is 5.51. The van der Waals surface area contributed by atoms with Crippen molar-refractivity contribution in [3.05, 3.63) is 70.6 Å². The minimum Gasteiger partial charge on any atom is -0.403 e. The van der Waals surface area contributed by atoms with Gasteiger partial charge in [-0.05, 0) is 56.6 Å². The third-order valence-corrected chi connectivity index (χ3v) is 7.37. The van der Waals surface area contributed by atoms with E-state index in [4.69, 9.17) is 0 Å². The topological polar surface area (TPSA) is 75.5 Å². The lowest BCUT2D eigenvalue weighted by atomic mass is 9.81. The van der Waals surface area contributed by atoms with E-state index >= 15 is 0 Å². The molecule has 1 aliphatic carbocycles. The SMILES string of the molecule is CNc1nccn1Cc1cc(CN(C)C)c2c(c1)C(=O)N([C@@H](C)c1cc(OC(F)(F)F)c(F)cn1)CC21CC1. The lowest BCUT2D eigenvalue weighted by Crippen LogP contribution is -2.45. The summed E-state index contributed by atoms with van der Waals surface area (Å²) in [4.78, 5) is 26.0. The molecule has 1 N–H and O–H groups in total. The molecule has 1 amide bonds. The maximum absolute atomic E-state index is 14.0. The normalized spacial score (nSPS) is 16.9. The quantitative estimate of drug-likeness (QED) is 0.413. The second-order valence-corrected chi connectivity index (χ2v) is 10.5. The van der Waals surface area contributed by atoms with E-state index in [1.54, 1.807) is 25.1 Å². The first-order valence-corrected chi connectivity index (χ1v) is 12.6. The van der Waals surface area contributed by atoms with Gasteiger partial charge in [-0.2, -0.15) is 0 Å². The summed E-state index contributed by atoms with van der Waals surface area (Å²) in [7, 11) is 5.75. The number of fused-ring (bicyclic) bond motifs is 2. The Kier molecular flexibility index (Phi) is 6.78. The lowest BCUT2D eigenvalue weighted by Gasteiger charge is -2.40. The number of alkyl halides is 3. The number of aromatic nitrogens is 3. The van der Waals surface area contributed by atoms with E-state index in [0.29, 0.717) is 37.3 Å². The zero-order chi connectivity index (χ0) is 28.1. The summed E-state index contributed by atoms with van der Waals surface area (Å²) in [5.41, 5.74) is 3.51. The number of ether oxygens (including phenoxy) is 1. The number of carbonyl (C=O) groups excluding carboxylic acids is 1. The van der Waals surface area contributed by atoms with Crippen LogP contribution >= 0.6 is 0 Å². The fraction of sp³-hybridized carbons (Fsp3) is 0.444. The maximum atomic E-state index is 14.0. The number of hydrogen-bond donors (Lipinski definition) is 1. The third kappa shape index (κ3) is 5.29. The van der Waals surface area contributed by atoms with Gasteiger partial charge in [-0.1, -0.05) is 6.07 Å². The van der Waals surface area contributed by atoms with Crippen LogP contribution in [-0.2, 0) is 18.5 Å². The number of nitrogens with zero attached hydrogens (tertiary/aromatic N) is 5. The van der Waals surface area contributed by atoms with Gasteiger partial charge in [0.15, 0.2) is 11.6 Å². The number of carbonyl (C=O) groups is 1. The molecule has 39 heavy (non-hydrogen) atoms. The monoisotopic (exact) mass is 546 g/mol. The number of imidazole rings is 1. The average Bonchev–Trinajstić information content (AvgIpc) is 3.48. The Morgan fingerprint density at radius 2 is 1.95 bits per heavy atom. The first kappa shape index (κ1) is 26.9. The Morgan fingerprint density at radius 3 is 2.59 bits per heavy atom. The molecule has 0 bridgehead atoms. The molecular weight excluding hydrogens is 516 g/mol. The van der Waals surface area contributed by atoms with Crippen LogP contribution in [0.25, 0.3) is 0 Å². The van der Waals surface area contributed by atoms with E-state index < -0.39 is 24.0 Å². The highest BCUT2D eigenvalue weighted by molar-refractivity contribution is 5.98. The summed E-state index contributed by atoms with van der Waals surface area (Å²) in [6.45, 7) is 3.24. The molecule has 8 nitrogen and oxygen atoms in total. The van der Waals surface area contributed by atoms with Crippen LogP contribution < -0.4 is 10.1 Å². The van der Waals surface area contributed by atoms with E-state index in [2.05, 4.69) is 31.0 Å². The van der Waals surface area contributed by atoms with Crippen LogP contribution in [0.15, 0.2) is 36.8 Å². The van der Waals surface area contributed by atoms with Crippen molar-refractivity contribution in [1.82, 2.24) is 24.3 Å². The molecule has 2 aromatic heterocycles. The van der Waals surface area contributed by atoms with Gasteiger partial charge in [0.1, 0.15) is 0 Å². The van der Waals surface area contributed by atoms with Crippen molar-refractivity contribution in [2.24, 2.45) is 0 Å². The third-order valence-electron chi connectivity index (χ3n) is 7.37. The number of pyridine rings is 1. The fourth-order valence-electron chi connectivity index (χ4n) is 5.51. The molecule has 1 spiro atoms. The van der Waals surface area contributed by atoms with Gasteiger partial charge >= 0.3 is 6.36 Å². The summed E-state index contributed by atoms with van der Waals surface area (Å²) >= 11 is 0. The number of halogens is 4. The van der Waals surface area contributed by atoms with Gasteiger partial charge in [0.25, 0.3) is 5.91 Å². The van der Waals surface area contributed by atoms with Crippen molar-refractivity contribution in [3.63, 3.8) is 0 Å². The van der Waals surface area contributed by atoms with Crippen molar-refractivity contribution in [3.8, 4) is 5.75 Å². The van der Waals surface area contributed by atoms with Gasteiger partial charge < -0.3 is 24.4 Å². The Hall–Kier alpha value is -3.67. The summed E-state index contributed by atoms with van der Waals surface area (Å²) in [6, 6.07) is 4.27. The molecular formula is C27H30F4N6O2. The molecule has 1 saturated carbocycles. The maximum Gasteiger partial charge on any atom is 0.573 e. The minimum atomic E-state index is -5.05. The highest BCUT2D eigenvalue weighted by Gasteiger charge is 2.53. The molecule has 0 radical (unpaired) electrons.